The fraction of sp³-hybridized carbons (Fsp3) is 0.0769. The van der Waals surface area contributed by atoms with Crippen LogP contribution in [0.3, 0.4) is 0 Å². The molecule has 0 radical (unpaired) electrons. The molecule has 0 aliphatic carbocycles. The first-order chi connectivity index (χ1) is 8.31. The van der Waals surface area contributed by atoms with Crippen LogP contribution in [0.5, 0.6) is 5.88 Å². The fourth-order valence-corrected chi connectivity index (χ4v) is 1.45. The Morgan fingerprint density at radius 2 is 1.82 bits per heavy atom. The van der Waals surface area contributed by atoms with Gasteiger partial charge in [0, 0.05) is 11.6 Å². The Bertz CT molecular complexity index is 512. The van der Waals surface area contributed by atoms with E-state index in [2.05, 4.69) is 5.43 Å². The predicted octanol–water partition coefficient (Wildman–Crippen LogP) is 1.37. The summed E-state index contributed by atoms with van der Waals surface area (Å²) in [7, 11) is 1.56. The van der Waals surface area contributed by atoms with Crippen LogP contribution in [-0.4, -0.2) is 13.0 Å². The average molecular weight is 229 g/mol. The highest BCUT2D eigenvalue weighted by Crippen LogP contribution is 2.01. The minimum Gasteiger partial charge on any atom is -0.446 e. The molecule has 0 atom stereocenters. The summed E-state index contributed by atoms with van der Waals surface area (Å²) in [5, 5.41) is 0. The normalized spacial score (nSPS) is 9.71. The molecule has 2 rings (SSSR count). The molecule has 0 aliphatic heterocycles. The molecule has 2 aromatic rings. The molecular formula is C13H13N2O2+. The second kappa shape index (κ2) is 5.12. The van der Waals surface area contributed by atoms with Gasteiger partial charge in [0.1, 0.15) is 0 Å². The number of nitrogens with one attached hydrogen (secondary N) is 1. The first-order valence-electron chi connectivity index (χ1n) is 5.22. The summed E-state index contributed by atoms with van der Waals surface area (Å²) in [6, 6.07) is 14.4. The van der Waals surface area contributed by atoms with Gasteiger partial charge in [0.15, 0.2) is 0 Å². The minimum absolute atomic E-state index is 0.180. The number of hydrogen-bond donors (Lipinski definition) is 1. The van der Waals surface area contributed by atoms with Crippen molar-refractivity contribution >= 4 is 5.91 Å². The van der Waals surface area contributed by atoms with Crippen LogP contribution in [0.4, 0.5) is 0 Å². The molecule has 0 spiro atoms. The molecule has 1 aromatic carbocycles. The van der Waals surface area contributed by atoms with Gasteiger partial charge < -0.3 is 4.74 Å². The zero-order valence-electron chi connectivity index (χ0n) is 9.46. The van der Waals surface area contributed by atoms with Gasteiger partial charge >= 0.3 is 11.8 Å². The Morgan fingerprint density at radius 3 is 2.53 bits per heavy atom. The summed E-state index contributed by atoms with van der Waals surface area (Å²) in [6.07, 6.45) is 1.72. The number of nitrogens with zero attached hydrogens (tertiary/aromatic N) is 1. The van der Waals surface area contributed by atoms with Gasteiger partial charge in [-0.2, -0.15) is 0 Å². The van der Waals surface area contributed by atoms with Crippen molar-refractivity contribution in [3.05, 3.63) is 60.3 Å². The van der Waals surface area contributed by atoms with Crippen molar-refractivity contribution in [1.82, 2.24) is 0 Å². The Balaban J connectivity index is 2.19. The highest BCUT2D eigenvalue weighted by atomic mass is 16.5. The molecule has 4 nitrogen and oxygen atoms in total. The van der Waals surface area contributed by atoms with E-state index in [0.717, 1.165) is 0 Å². The van der Waals surface area contributed by atoms with E-state index in [0.29, 0.717) is 11.4 Å². The maximum atomic E-state index is 11.9. The molecule has 1 amide bonds. The second-order valence-corrected chi connectivity index (χ2v) is 3.42. The zero-order chi connectivity index (χ0) is 12.1. The van der Waals surface area contributed by atoms with Crippen LogP contribution in [0, 0.1) is 0 Å². The standard InChI is InChI=1S/C13H12N2O2/c1-17-12-9-5-6-10-15(12)14-13(16)11-7-3-2-4-8-11/h2-10H,1H3/p+1. The SMILES string of the molecule is COc1cccc[n+]1NC(=O)c1ccccc1. The fourth-order valence-electron chi connectivity index (χ4n) is 1.45. The molecule has 4 heteroatoms. The van der Waals surface area contributed by atoms with Gasteiger partial charge in [-0.15, -0.1) is 5.43 Å². The van der Waals surface area contributed by atoms with Gasteiger partial charge in [0.2, 0.25) is 6.20 Å². The third-order valence-electron chi connectivity index (χ3n) is 2.29. The highest BCUT2D eigenvalue weighted by molar-refractivity contribution is 5.98. The van der Waals surface area contributed by atoms with E-state index in [1.165, 1.54) is 4.68 Å². The zero-order valence-corrected chi connectivity index (χ0v) is 9.46. The van der Waals surface area contributed by atoms with Crippen LogP contribution >= 0.6 is 0 Å². The van der Waals surface area contributed by atoms with Gasteiger partial charge in [-0.05, 0) is 22.9 Å². The highest BCUT2D eigenvalue weighted by Gasteiger charge is 2.14. The lowest BCUT2D eigenvalue weighted by Gasteiger charge is -2.02. The van der Waals surface area contributed by atoms with E-state index in [1.807, 2.05) is 30.3 Å². The summed E-state index contributed by atoms with van der Waals surface area (Å²) in [6.45, 7) is 0. The van der Waals surface area contributed by atoms with Crippen LogP contribution in [0.15, 0.2) is 54.7 Å². The molecule has 86 valence electrons. The Kier molecular flexibility index (Phi) is 3.35. The number of carbonyl (C=O) groups excluding carboxylic acids is 1. The summed E-state index contributed by atoms with van der Waals surface area (Å²) in [5.41, 5.74) is 3.33. The van der Waals surface area contributed by atoms with Gasteiger partial charge in [-0.3, -0.25) is 4.79 Å². The molecule has 0 fully saturated rings. The van der Waals surface area contributed by atoms with Crippen LogP contribution in [0.1, 0.15) is 10.4 Å². The summed E-state index contributed by atoms with van der Waals surface area (Å²) < 4.78 is 6.67. The van der Waals surface area contributed by atoms with Crippen molar-refractivity contribution < 1.29 is 14.2 Å². The molecule has 1 aromatic heterocycles. The summed E-state index contributed by atoms with van der Waals surface area (Å²) in [5.74, 6) is 0.386. The molecule has 1 N–H and O–H groups in total. The van der Waals surface area contributed by atoms with E-state index < -0.39 is 0 Å². The van der Waals surface area contributed by atoms with Crippen LogP contribution < -0.4 is 14.8 Å². The Morgan fingerprint density at radius 1 is 1.12 bits per heavy atom. The number of rotatable bonds is 3. The van der Waals surface area contributed by atoms with Crippen molar-refractivity contribution in [3.63, 3.8) is 0 Å². The third-order valence-corrected chi connectivity index (χ3v) is 2.29. The number of benzene rings is 1. The molecule has 0 aliphatic rings. The minimum atomic E-state index is -0.180. The molecule has 0 saturated carbocycles. The average Bonchev–Trinajstić information content (AvgIpc) is 2.40. The van der Waals surface area contributed by atoms with Gasteiger partial charge in [-0.25, -0.2) is 0 Å². The van der Waals surface area contributed by atoms with Crippen LogP contribution in [-0.2, 0) is 0 Å². The van der Waals surface area contributed by atoms with Crippen LogP contribution in [0.2, 0.25) is 0 Å². The number of ether oxygens (including phenoxy) is 1. The third kappa shape index (κ3) is 2.60. The maximum absolute atomic E-state index is 11.9. The monoisotopic (exact) mass is 229 g/mol. The van der Waals surface area contributed by atoms with Gasteiger partial charge in [-0.1, -0.05) is 18.2 Å². The van der Waals surface area contributed by atoms with Crippen molar-refractivity contribution in [3.8, 4) is 5.88 Å². The Hall–Kier alpha value is -2.36. The number of carbonyl (C=O) groups is 1. The molecule has 0 unspecified atom stereocenters. The molecule has 0 saturated heterocycles. The lowest BCUT2D eigenvalue weighted by atomic mass is 10.2. The van der Waals surface area contributed by atoms with Gasteiger partial charge in [0.05, 0.1) is 13.2 Å². The number of hydrogen-bond acceptors (Lipinski definition) is 2. The molecule has 0 bridgehead atoms. The van der Waals surface area contributed by atoms with Crippen molar-refractivity contribution in [1.29, 1.82) is 0 Å². The van der Waals surface area contributed by atoms with E-state index in [1.54, 1.807) is 31.5 Å². The van der Waals surface area contributed by atoms with E-state index in [-0.39, 0.29) is 5.91 Å². The molecule has 1 heterocycles. The lowest BCUT2D eigenvalue weighted by molar-refractivity contribution is -0.647. The first kappa shape index (κ1) is 11.1. The maximum Gasteiger partial charge on any atom is 0.396 e. The van der Waals surface area contributed by atoms with Crippen molar-refractivity contribution in [2.75, 3.05) is 12.5 Å². The number of methoxy groups -OCH3 is 1. The van der Waals surface area contributed by atoms with E-state index in [4.69, 9.17) is 4.74 Å². The smallest absolute Gasteiger partial charge is 0.396 e. The Labute approximate surface area is 99.4 Å². The van der Waals surface area contributed by atoms with E-state index in [9.17, 15) is 4.79 Å². The lowest BCUT2D eigenvalue weighted by Crippen LogP contribution is -2.48. The number of amides is 1. The first-order valence-corrected chi connectivity index (χ1v) is 5.22. The summed E-state index contributed by atoms with van der Waals surface area (Å²) >= 11 is 0. The quantitative estimate of drug-likeness (QED) is 0.808. The second-order valence-electron chi connectivity index (χ2n) is 3.42. The van der Waals surface area contributed by atoms with Crippen molar-refractivity contribution in [2.24, 2.45) is 0 Å². The van der Waals surface area contributed by atoms with E-state index >= 15 is 0 Å². The predicted molar refractivity (Wildman–Crippen MR) is 63.3 cm³/mol. The van der Waals surface area contributed by atoms with Crippen LogP contribution in [0.25, 0.3) is 0 Å². The topological polar surface area (TPSA) is 42.2 Å². The van der Waals surface area contributed by atoms with Gasteiger partial charge in [0.25, 0.3) is 0 Å². The van der Waals surface area contributed by atoms with Crippen molar-refractivity contribution in [2.45, 2.75) is 0 Å². The molecule has 17 heavy (non-hydrogen) atoms. The largest absolute Gasteiger partial charge is 0.446 e. The number of pyridine rings is 1. The summed E-state index contributed by atoms with van der Waals surface area (Å²) in [4.78, 5) is 11.9. The molecular weight excluding hydrogens is 216 g/mol. The number of aromatic nitrogens is 1.